The summed E-state index contributed by atoms with van der Waals surface area (Å²) in [4.78, 5) is 10.5. The van der Waals surface area contributed by atoms with Gasteiger partial charge in [-0.1, -0.05) is 56.1 Å². The fourth-order valence-corrected chi connectivity index (χ4v) is 3.70. The number of halogens is 2. The maximum absolute atomic E-state index is 11.0. The highest BCUT2D eigenvalue weighted by molar-refractivity contribution is 9.10. The molecule has 0 spiro atoms. The third kappa shape index (κ3) is 4.01. The van der Waals surface area contributed by atoms with Gasteiger partial charge < -0.3 is 0 Å². The van der Waals surface area contributed by atoms with Crippen LogP contribution in [0.4, 0.5) is 5.69 Å². The third-order valence-electron chi connectivity index (χ3n) is 4.53. The number of nitrogens with zero attached hydrogens (tertiary/aromatic N) is 5. The van der Waals surface area contributed by atoms with Gasteiger partial charge in [0.25, 0.3) is 0 Å². The van der Waals surface area contributed by atoms with E-state index in [-0.39, 0.29) is 12.4 Å². The smallest absolute Gasteiger partial charge is 0.258 e. The molecule has 0 unspecified atom stereocenters. The van der Waals surface area contributed by atoms with E-state index >= 15 is 0 Å². The molecule has 0 aliphatic heterocycles. The van der Waals surface area contributed by atoms with Crippen molar-refractivity contribution in [1.29, 1.82) is 0 Å². The van der Waals surface area contributed by atoms with Crippen LogP contribution in [0.5, 0.6) is 0 Å². The molecule has 2 aromatic heterocycles. The Bertz CT molecular complexity index is 1180. The molecule has 0 aliphatic carbocycles. The normalized spacial score (nSPS) is 11.0. The average Bonchev–Trinajstić information content (AvgIpc) is 3.29. The summed E-state index contributed by atoms with van der Waals surface area (Å²) in [7, 11) is 0. The van der Waals surface area contributed by atoms with Crippen molar-refractivity contribution in [1.82, 2.24) is 19.6 Å². The first-order valence-corrected chi connectivity index (χ1v) is 10.3. The van der Waals surface area contributed by atoms with E-state index in [0.717, 1.165) is 37.0 Å². The van der Waals surface area contributed by atoms with E-state index in [1.54, 1.807) is 0 Å². The Hall–Kier alpha value is -2.78. The maximum Gasteiger partial charge on any atom is 0.307 e. The lowest BCUT2D eigenvalue weighted by Crippen LogP contribution is -2.11. The molecular weight excluding hydrogens is 502 g/mol. The van der Waals surface area contributed by atoms with Gasteiger partial charge in [0, 0.05) is 25.6 Å². The van der Waals surface area contributed by atoms with Crippen LogP contribution in [0, 0.1) is 17.0 Å². The topological polar surface area (TPSA) is 78.8 Å². The monoisotopic (exact) mass is 515 g/mol. The van der Waals surface area contributed by atoms with Crippen LogP contribution >= 0.6 is 31.9 Å². The standard InChI is InChI=1S/C20H15Br2N5O2/c1-13-19(14-2-6-16(21)7-3-14)24-26(12-25-11-18(10-23-25)27(28)29)20(13)15-4-8-17(22)9-5-15/h2-11H,12H2,1H3. The molecule has 0 amide bonds. The first kappa shape index (κ1) is 19.5. The number of nitro groups is 1. The molecule has 0 aliphatic rings. The van der Waals surface area contributed by atoms with Gasteiger partial charge in [0.15, 0.2) is 0 Å². The predicted molar refractivity (Wildman–Crippen MR) is 118 cm³/mol. The van der Waals surface area contributed by atoms with Gasteiger partial charge in [0.05, 0.1) is 16.3 Å². The number of benzene rings is 2. The van der Waals surface area contributed by atoms with Crippen molar-refractivity contribution in [2.75, 3.05) is 0 Å². The molecule has 146 valence electrons. The van der Waals surface area contributed by atoms with E-state index in [1.807, 2.05) is 60.1 Å². The molecule has 2 heterocycles. The molecule has 9 heteroatoms. The highest BCUT2D eigenvalue weighted by Gasteiger charge is 2.19. The lowest BCUT2D eigenvalue weighted by Gasteiger charge is -2.09. The second-order valence-corrected chi connectivity index (χ2v) is 8.30. The van der Waals surface area contributed by atoms with E-state index in [1.165, 1.54) is 17.1 Å². The second kappa shape index (κ2) is 7.92. The maximum atomic E-state index is 11.0. The summed E-state index contributed by atoms with van der Waals surface area (Å²) in [6, 6.07) is 16.0. The van der Waals surface area contributed by atoms with Crippen molar-refractivity contribution in [2.45, 2.75) is 13.6 Å². The molecule has 0 saturated heterocycles. The van der Waals surface area contributed by atoms with Gasteiger partial charge >= 0.3 is 5.69 Å². The molecule has 7 nitrogen and oxygen atoms in total. The van der Waals surface area contributed by atoms with Crippen LogP contribution in [-0.2, 0) is 6.67 Å². The average molecular weight is 517 g/mol. The first-order valence-electron chi connectivity index (χ1n) is 8.68. The second-order valence-electron chi connectivity index (χ2n) is 6.47. The Morgan fingerprint density at radius 3 is 2.14 bits per heavy atom. The van der Waals surface area contributed by atoms with Gasteiger partial charge in [-0.2, -0.15) is 10.2 Å². The summed E-state index contributed by atoms with van der Waals surface area (Å²) in [6.07, 6.45) is 2.65. The van der Waals surface area contributed by atoms with Crippen molar-refractivity contribution in [3.8, 4) is 22.5 Å². The lowest BCUT2D eigenvalue weighted by molar-refractivity contribution is -0.385. The minimum Gasteiger partial charge on any atom is -0.258 e. The highest BCUT2D eigenvalue weighted by atomic mass is 79.9. The molecule has 0 bridgehead atoms. The lowest BCUT2D eigenvalue weighted by atomic mass is 10.0. The van der Waals surface area contributed by atoms with Crippen LogP contribution in [0.3, 0.4) is 0 Å². The largest absolute Gasteiger partial charge is 0.307 e. The summed E-state index contributed by atoms with van der Waals surface area (Å²) in [5.74, 6) is 0. The molecule has 4 aromatic rings. The Kier molecular flexibility index (Phi) is 5.33. The van der Waals surface area contributed by atoms with Gasteiger partial charge in [-0.25, -0.2) is 9.36 Å². The predicted octanol–water partition coefficient (Wildman–Crippen LogP) is 5.66. The van der Waals surface area contributed by atoms with Gasteiger partial charge in [-0.05, 0) is 31.2 Å². The van der Waals surface area contributed by atoms with Crippen LogP contribution in [0.25, 0.3) is 22.5 Å². The van der Waals surface area contributed by atoms with E-state index < -0.39 is 4.92 Å². The van der Waals surface area contributed by atoms with E-state index in [2.05, 4.69) is 37.0 Å². The Labute approximate surface area is 183 Å². The SMILES string of the molecule is Cc1c(-c2ccc(Br)cc2)nn(Cn2cc([N+](=O)[O-])cn2)c1-c1ccc(Br)cc1. The molecule has 0 radical (unpaired) electrons. The summed E-state index contributed by atoms with van der Waals surface area (Å²) in [5, 5.41) is 19.9. The van der Waals surface area contributed by atoms with Gasteiger partial charge in [-0.15, -0.1) is 0 Å². The van der Waals surface area contributed by atoms with E-state index in [4.69, 9.17) is 5.10 Å². The minimum absolute atomic E-state index is 0.0489. The van der Waals surface area contributed by atoms with Crippen molar-refractivity contribution in [3.05, 3.63) is 85.5 Å². The summed E-state index contributed by atoms with van der Waals surface area (Å²) < 4.78 is 5.32. The molecule has 0 N–H and O–H groups in total. The number of aromatic nitrogens is 4. The zero-order valence-electron chi connectivity index (χ0n) is 15.3. The zero-order valence-corrected chi connectivity index (χ0v) is 18.5. The van der Waals surface area contributed by atoms with Crippen molar-refractivity contribution < 1.29 is 4.92 Å². The van der Waals surface area contributed by atoms with Crippen LogP contribution in [0.1, 0.15) is 5.56 Å². The van der Waals surface area contributed by atoms with Gasteiger partial charge in [-0.3, -0.25) is 10.1 Å². The molecule has 2 aromatic carbocycles. The zero-order chi connectivity index (χ0) is 20.5. The van der Waals surface area contributed by atoms with Crippen molar-refractivity contribution >= 4 is 37.5 Å². The summed E-state index contributed by atoms with van der Waals surface area (Å²) >= 11 is 6.93. The number of hydrogen-bond donors (Lipinski definition) is 0. The quantitative estimate of drug-likeness (QED) is 0.253. The van der Waals surface area contributed by atoms with Crippen LogP contribution in [0.2, 0.25) is 0 Å². The Morgan fingerprint density at radius 1 is 1.00 bits per heavy atom. The summed E-state index contributed by atoms with van der Waals surface area (Å²) in [5.41, 5.74) is 4.77. The highest BCUT2D eigenvalue weighted by Crippen LogP contribution is 2.33. The summed E-state index contributed by atoms with van der Waals surface area (Å²) in [6.45, 7) is 2.29. The molecular formula is C20H15Br2N5O2. The molecule has 0 atom stereocenters. The molecule has 0 saturated carbocycles. The Morgan fingerprint density at radius 2 is 1.59 bits per heavy atom. The van der Waals surface area contributed by atoms with Gasteiger partial charge in [0.2, 0.25) is 0 Å². The number of rotatable bonds is 5. The van der Waals surface area contributed by atoms with Crippen LogP contribution in [-0.4, -0.2) is 24.5 Å². The molecule has 4 rings (SSSR count). The number of hydrogen-bond acceptors (Lipinski definition) is 4. The fourth-order valence-electron chi connectivity index (χ4n) is 3.17. The van der Waals surface area contributed by atoms with E-state index in [9.17, 15) is 10.1 Å². The fraction of sp³-hybridized carbons (Fsp3) is 0.100. The van der Waals surface area contributed by atoms with Crippen molar-refractivity contribution in [3.63, 3.8) is 0 Å². The van der Waals surface area contributed by atoms with Gasteiger partial charge in [0.1, 0.15) is 19.1 Å². The minimum atomic E-state index is -0.458. The van der Waals surface area contributed by atoms with Crippen molar-refractivity contribution in [2.24, 2.45) is 0 Å². The third-order valence-corrected chi connectivity index (χ3v) is 5.59. The van der Waals surface area contributed by atoms with Crippen LogP contribution in [0.15, 0.2) is 69.9 Å². The Balaban J connectivity index is 1.83. The molecule has 29 heavy (non-hydrogen) atoms. The molecule has 0 fully saturated rings. The van der Waals surface area contributed by atoms with Crippen LogP contribution < -0.4 is 0 Å². The van der Waals surface area contributed by atoms with E-state index in [0.29, 0.717) is 0 Å². The first-order chi connectivity index (χ1) is 13.9.